The summed E-state index contributed by atoms with van der Waals surface area (Å²) in [5.74, 6) is 0.150. The molecule has 0 aliphatic carbocycles. The molecule has 1 aliphatic heterocycles. The van der Waals surface area contributed by atoms with E-state index in [1.807, 2.05) is 12.3 Å². The van der Waals surface area contributed by atoms with Crippen molar-refractivity contribution in [1.29, 1.82) is 0 Å². The number of aryl methyl sites for hydroxylation is 1. The summed E-state index contributed by atoms with van der Waals surface area (Å²) in [6, 6.07) is 0. The number of hydrogen-bond acceptors (Lipinski definition) is 5. The van der Waals surface area contributed by atoms with E-state index in [-0.39, 0.29) is 11.9 Å². The van der Waals surface area contributed by atoms with Crippen molar-refractivity contribution in [2.75, 3.05) is 26.2 Å². The first-order valence-electron chi connectivity index (χ1n) is 5.96. The van der Waals surface area contributed by atoms with E-state index in [0.29, 0.717) is 13.0 Å². The predicted octanol–water partition coefficient (Wildman–Crippen LogP) is 1.28. The Morgan fingerprint density at radius 1 is 1.71 bits per heavy atom. The maximum absolute atomic E-state index is 12.1. The molecule has 1 saturated heterocycles. The highest BCUT2D eigenvalue weighted by Crippen LogP contribution is 2.13. The normalized spacial score (nSPS) is 21.6. The van der Waals surface area contributed by atoms with Gasteiger partial charge in [0.15, 0.2) is 5.78 Å². The molecule has 1 fully saturated rings. The van der Waals surface area contributed by atoms with Crippen LogP contribution in [0.2, 0.25) is 0 Å². The molecule has 0 aromatic carbocycles. The number of likely N-dealkylation sites (N-methyl/N-ethyl adjacent to an activating group) is 1. The number of carbonyl (C=O) groups is 1. The summed E-state index contributed by atoms with van der Waals surface area (Å²) < 4.78 is 5.54. The molecule has 2 heterocycles. The average molecular weight is 254 g/mol. The Morgan fingerprint density at radius 3 is 3.18 bits per heavy atom. The van der Waals surface area contributed by atoms with Gasteiger partial charge in [0, 0.05) is 24.2 Å². The van der Waals surface area contributed by atoms with Crippen LogP contribution in [0.25, 0.3) is 0 Å². The fraction of sp³-hybridized carbons (Fsp3) is 0.667. The largest absolute Gasteiger partial charge is 0.368 e. The maximum atomic E-state index is 12.1. The van der Waals surface area contributed by atoms with Crippen LogP contribution >= 0.6 is 11.3 Å². The van der Waals surface area contributed by atoms with Crippen LogP contribution in [-0.2, 0) is 16.0 Å². The van der Waals surface area contributed by atoms with Crippen molar-refractivity contribution in [3.63, 3.8) is 0 Å². The van der Waals surface area contributed by atoms with E-state index in [4.69, 9.17) is 4.74 Å². The highest BCUT2D eigenvalue weighted by atomic mass is 32.1. The molecule has 0 bridgehead atoms. The summed E-state index contributed by atoms with van der Waals surface area (Å²) in [5, 5.41) is 2.87. The van der Waals surface area contributed by atoms with E-state index in [1.165, 1.54) is 0 Å². The van der Waals surface area contributed by atoms with Crippen molar-refractivity contribution < 1.29 is 9.53 Å². The summed E-state index contributed by atoms with van der Waals surface area (Å²) in [4.78, 5) is 18.6. The lowest BCUT2D eigenvalue weighted by Gasteiger charge is -2.31. The van der Waals surface area contributed by atoms with Gasteiger partial charge in [-0.1, -0.05) is 6.92 Å². The van der Waals surface area contributed by atoms with Crippen molar-refractivity contribution in [3.8, 4) is 0 Å². The number of ketones is 1. The molecular weight excluding hydrogens is 236 g/mol. The molecular formula is C12H18N2O2S. The Morgan fingerprint density at radius 2 is 2.53 bits per heavy atom. The average Bonchev–Trinajstić information content (AvgIpc) is 2.75. The molecule has 0 radical (unpaired) electrons. The number of hydrogen-bond donors (Lipinski definition) is 0. The number of Topliss-reactive ketones (excluding diaryl/α,β-unsaturated/α-hetero) is 1. The third-order valence-electron chi connectivity index (χ3n) is 2.95. The standard InChI is InChI=1S/C12H18N2O2S/c1-3-14-4-5-16-11(7-14)10(15)6-12-13-9(2)8-17-12/h8,11H,3-7H2,1-2H3. The van der Waals surface area contributed by atoms with Gasteiger partial charge < -0.3 is 4.74 Å². The zero-order chi connectivity index (χ0) is 12.3. The maximum Gasteiger partial charge on any atom is 0.169 e. The molecule has 0 amide bonds. The molecule has 2 rings (SSSR count). The number of morpholine rings is 1. The fourth-order valence-corrected chi connectivity index (χ4v) is 2.71. The van der Waals surface area contributed by atoms with Gasteiger partial charge >= 0.3 is 0 Å². The summed E-state index contributed by atoms with van der Waals surface area (Å²) >= 11 is 1.55. The van der Waals surface area contributed by atoms with Gasteiger partial charge in [-0.2, -0.15) is 0 Å². The quantitative estimate of drug-likeness (QED) is 0.812. The van der Waals surface area contributed by atoms with Gasteiger partial charge in [-0.15, -0.1) is 11.3 Å². The van der Waals surface area contributed by atoms with Gasteiger partial charge in [0.1, 0.15) is 11.1 Å². The van der Waals surface area contributed by atoms with Crippen molar-refractivity contribution in [3.05, 3.63) is 16.1 Å². The number of carbonyl (C=O) groups excluding carboxylic acids is 1. The first-order chi connectivity index (χ1) is 8.19. The predicted molar refractivity (Wildman–Crippen MR) is 67.4 cm³/mol. The lowest BCUT2D eigenvalue weighted by atomic mass is 10.1. The Balaban J connectivity index is 1.91. The van der Waals surface area contributed by atoms with Gasteiger partial charge in [-0.25, -0.2) is 4.98 Å². The van der Waals surface area contributed by atoms with E-state index in [0.717, 1.165) is 30.3 Å². The van der Waals surface area contributed by atoms with Crippen molar-refractivity contribution in [1.82, 2.24) is 9.88 Å². The third kappa shape index (κ3) is 3.34. The molecule has 1 unspecified atom stereocenters. The summed E-state index contributed by atoms with van der Waals surface area (Å²) in [6.07, 6.45) is 0.133. The van der Waals surface area contributed by atoms with Gasteiger partial charge in [0.2, 0.25) is 0 Å². The highest BCUT2D eigenvalue weighted by Gasteiger charge is 2.26. The Hall–Kier alpha value is -0.780. The highest BCUT2D eigenvalue weighted by molar-refractivity contribution is 7.09. The minimum Gasteiger partial charge on any atom is -0.368 e. The molecule has 17 heavy (non-hydrogen) atoms. The smallest absolute Gasteiger partial charge is 0.169 e. The van der Waals surface area contributed by atoms with Gasteiger partial charge in [0.25, 0.3) is 0 Å². The fourth-order valence-electron chi connectivity index (χ4n) is 1.93. The van der Waals surface area contributed by atoms with Crippen LogP contribution in [0, 0.1) is 6.92 Å². The van der Waals surface area contributed by atoms with Crippen molar-refractivity contribution in [2.24, 2.45) is 0 Å². The summed E-state index contributed by atoms with van der Waals surface area (Å²) in [7, 11) is 0. The second-order valence-corrected chi connectivity index (χ2v) is 5.22. The van der Waals surface area contributed by atoms with Crippen LogP contribution in [0.5, 0.6) is 0 Å². The molecule has 1 atom stereocenters. The van der Waals surface area contributed by atoms with Gasteiger partial charge in [-0.3, -0.25) is 9.69 Å². The Kier molecular flexibility index (Phi) is 4.25. The first-order valence-corrected chi connectivity index (χ1v) is 6.84. The molecule has 0 spiro atoms. The van der Waals surface area contributed by atoms with Crippen LogP contribution in [0.4, 0.5) is 0 Å². The number of rotatable bonds is 4. The monoisotopic (exact) mass is 254 g/mol. The van der Waals surface area contributed by atoms with Crippen LogP contribution in [-0.4, -0.2) is 48.0 Å². The minimum absolute atomic E-state index is 0.150. The van der Waals surface area contributed by atoms with E-state index in [2.05, 4.69) is 16.8 Å². The van der Waals surface area contributed by atoms with E-state index in [9.17, 15) is 4.79 Å². The molecule has 1 aliphatic rings. The molecule has 0 saturated carbocycles. The van der Waals surface area contributed by atoms with Crippen LogP contribution < -0.4 is 0 Å². The molecule has 4 nitrogen and oxygen atoms in total. The third-order valence-corrected chi connectivity index (χ3v) is 3.92. The van der Waals surface area contributed by atoms with E-state index >= 15 is 0 Å². The van der Waals surface area contributed by atoms with Crippen LogP contribution in [0.15, 0.2) is 5.38 Å². The molecule has 94 valence electrons. The minimum atomic E-state index is -0.270. The number of thiazole rings is 1. The zero-order valence-corrected chi connectivity index (χ0v) is 11.1. The number of aromatic nitrogens is 1. The number of nitrogens with zero attached hydrogens (tertiary/aromatic N) is 2. The Labute approximate surface area is 106 Å². The molecule has 0 N–H and O–H groups in total. The van der Waals surface area contributed by atoms with Crippen LogP contribution in [0.3, 0.4) is 0 Å². The van der Waals surface area contributed by atoms with Crippen molar-refractivity contribution >= 4 is 17.1 Å². The molecule has 1 aromatic rings. The zero-order valence-electron chi connectivity index (χ0n) is 10.3. The molecule has 5 heteroatoms. The van der Waals surface area contributed by atoms with Crippen LogP contribution in [0.1, 0.15) is 17.6 Å². The van der Waals surface area contributed by atoms with Crippen molar-refractivity contribution in [2.45, 2.75) is 26.4 Å². The topological polar surface area (TPSA) is 42.4 Å². The first kappa shape index (κ1) is 12.7. The lowest BCUT2D eigenvalue weighted by Crippen LogP contribution is -2.46. The van der Waals surface area contributed by atoms with Gasteiger partial charge in [0.05, 0.1) is 13.0 Å². The number of ether oxygens (including phenoxy) is 1. The SMILES string of the molecule is CCN1CCOC(C(=O)Cc2nc(C)cs2)C1. The van der Waals surface area contributed by atoms with E-state index < -0.39 is 0 Å². The summed E-state index contributed by atoms with van der Waals surface area (Å²) in [6.45, 7) is 7.33. The lowest BCUT2D eigenvalue weighted by molar-refractivity contribution is -0.135. The second kappa shape index (κ2) is 5.71. The molecule has 1 aromatic heterocycles. The summed E-state index contributed by atoms with van der Waals surface area (Å²) in [5.41, 5.74) is 0.984. The second-order valence-electron chi connectivity index (χ2n) is 4.28. The van der Waals surface area contributed by atoms with Gasteiger partial charge in [-0.05, 0) is 13.5 Å². The Bertz CT molecular complexity index is 392. The van der Waals surface area contributed by atoms with E-state index in [1.54, 1.807) is 11.3 Å².